The van der Waals surface area contributed by atoms with Crippen LogP contribution in [-0.2, 0) is 11.3 Å². The fraction of sp³-hybridized carbons (Fsp3) is 0.800. The highest BCUT2D eigenvalue weighted by molar-refractivity contribution is 6.28. The maximum absolute atomic E-state index is 5.94. The Morgan fingerprint density at radius 1 is 1.40 bits per heavy atom. The molecule has 5 heteroatoms. The second kappa shape index (κ2) is 4.94. The summed E-state index contributed by atoms with van der Waals surface area (Å²) in [6.07, 6.45) is 0.984. The number of rotatable bonds is 5. The Balaban J connectivity index is 2.68. The Morgan fingerprint density at radius 2 is 2.07 bits per heavy atom. The first-order chi connectivity index (χ1) is 6.96. The van der Waals surface area contributed by atoms with Crippen LogP contribution in [0.2, 0.25) is 5.28 Å². The van der Waals surface area contributed by atoms with Crippen LogP contribution >= 0.6 is 11.6 Å². The zero-order valence-corrected chi connectivity index (χ0v) is 10.5. The van der Waals surface area contributed by atoms with Crippen molar-refractivity contribution < 1.29 is 4.74 Å². The van der Waals surface area contributed by atoms with E-state index >= 15 is 0 Å². The lowest BCUT2D eigenvalue weighted by atomic mass is 9.89. The van der Waals surface area contributed by atoms with Crippen molar-refractivity contribution in [2.24, 2.45) is 5.41 Å². The van der Waals surface area contributed by atoms with Gasteiger partial charge in [0.25, 0.3) is 0 Å². The average molecular weight is 232 g/mol. The van der Waals surface area contributed by atoms with Crippen LogP contribution in [0.25, 0.3) is 0 Å². The first-order valence-electron chi connectivity index (χ1n) is 5.00. The summed E-state index contributed by atoms with van der Waals surface area (Å²) in [7, 11) is 1.72. The summed E-state index contributed by atoms with van der Waals surface area (Å²) in [5.74, 6) is 0.852. The molecule has 0 aliphatic carbocycles. The van der Waals surface area contributed by atoms with Crippen LogP contribution in [0.4, 0.5) is 0 Å². The summed E-state index contributed by atoms with van der Waals surface area (Å²) < 4.78 is 7.01. The highest BCUT2D eigenvalue weighted by Crippen LogP contribution is 2.25. The van der Waals surface area contributed by atoms with Crippen molar-refractivity contribution in [2.75, 3.05) is 13.7 Å². The summed E-state index contributed by atoms with van der Waals surface area (Å²) in [6, 6.07) is 0. The molecule has 86 valence electrons. The van der Waals surface area contributed by atoms with Crippen LogP contribution in [0.3, 0.4) is 0 Å². The first kappa shape index (κ1) is 12.5. The molecular formula is C10H18ClN3O. The summed E-state index contributed by atoms with van der Waals surface area (Å²) >= 11 is 5.94. The zero-order valence-electron chi connectivity index (χ0n) is 9.75. The number of methoxy groups -OCH3 is 1. The molecule has 0 radical (unpaired) electrons. The van der Waals surface area contributed by atoms with Crippen molar-refractivity contribution >= 4 is 11.6 Å². The van der Waals surface area contributed by atoms with Gasteiger partial charge in [-0.15, -0.1) is 10.2 Å². The van der Waals surface area contributed by atoms with E-state index in [0.717, 1.165) is 25.4 Å². The van der Waals surface area contributed by atoms with E-state index in [2.05, 4.69) is 24.0 Å². The van der Waals surface area contributed by atoms with Crippen LogP contribution in [-0.4, -0.2) is 28.5 Å². The largest absolute Gasteiger partial charge is 0.385 e. The molecule has 0 saturated heterocycles. The van der Waals surface area contributed by atoms with Crippen molar-refractivity contribution in [2.45, 2.75) is 33.7 Å². The van der Waals surface area contributed by atoms with Gasteiger partial charge in [-0.1, -0.05) is 13.8 Å². The number of hydrogen-bond donors (Lipinski definition) is 0. The summed E-state index contributed by atoms with van der Waals surface area (Å²) in [4.78, 5) is 0. The zero-order chi connectivity index (χ0) is 11.5. The molecule has 0 unspecified atom stereocenters. The van der Waals surface area contributed by atoms with Crippen LogP contribution in [0, 0.1) is 12.3 Å². The van der Waals surface area contributed by atoms with E-state index in [-0.39, 0.29) is 5.41 Å². The molecule has 15 heavy (non-hydrogen) atoms. The van der Waals surface area contributed by atoms with Crippen LogP contribution < -0.4 is 0 Å². The molecule has 4 nitrogen and oxygen atoms in total. The molecule has 0 aliphatic rings. The smallest absolute Gasteiger partial charge is 0.225 e. The minimum absolute atomic E-state index is 0.132. The SMILES string of the molecule is COCCC(C)(C)Cn1c(C)nnc1Cl. The lowest BCUT2D eigenvalue weighted by molar-refractivity contribution is 0.142. The number of ether oxygens (including phenoxy) is 1. The predicted octanol–water partition coefficient (Wildman–Crippen LogP) is 2.30. The summed E-state index contributed by atoms with van der Waals surface area (Å²) in [5.41, 5.74) is 0.132. The summed E-state index contributed by atoms with van der Waals surface area (Å²) in [5, 5.41) is 8.21. The quantitative estimate of drug-likeness (QED) is 0.781. The van der Waals surface area contributed by atoms with Gasteiger partial charge >= 0.3 is 0 Å². The molecule has 1 aromatic rings. The second-order valence-electron chi connectivity index (χ2n) is 4.51. The molecular weight excluding hydrogens is 214 g/mol. The first-order valence-corrected chi connectivity index (χ1v) is 5.38. The Kier molecular flexibility index (Phi) is 4.11. The number of nitrogens with zero attached hydrogens (tertiary/aromatic N) is 3. The molecule has 1 aromatic heterocycles. The third-order valence-corrected chi connectivity index (χ3v) is 2.74. The lowest BCUT2D eigenvalue weighted by Gasteiger charge is -2.25. The third-order valence-electron chi connectivity index (χ3n) is 2.46. The van der Waals surface area contributed by atoms with E-state index in [1.54, 1.807) is 7.11 Å². The van der Waals surface area contributed by atoms with Crippen molar-refractivity contribution in [3.05, 3.63) is 11.1 Å². The Labute approximate surface area is 95.6 Å². The molecule has 0 amide bonds. The van der Waals surface area contributed by atoms with Crippen molar-refractivity contribution in [1.29, 1.82) is 0 Å². The average Bonchev–Trinajstić information content (AvgIpc) is 2.46. The molecule has 0 spiro atoms. The molecule has 0 aliphatic heterocycles. The Bertz CT molecular complexity index is 303. The van der Waals surface area contributed by atoms with E-state index in [1.807, 2.05) is 11.5 Å². The molecule has 1 heterocycles. The molecule has 0 fully saturated rings. The van der Waals surface area contributed by atoms with E-state index in [0.29, 0.717) is 5.28 Å². The number of hydrogen-bond acceptors (Lipinski definition) is 3. The highest BCUT2D eigenvalue weighted by atomic mass is 35.5. The molecule has 0 aromatic carbocycles. The number of aromatic nitrogens is 3. The van der Waals surface area contributed by atoms with Gasteiger partial charge < -0.3 is 9.30 Å². The normalized spacial score (nSPS) is 12.1. The van der Waals surface area contributed by atoms with Crippen molar-refractivity contribution in [3.63, 3.8) is 0 Å². The number of halogens is 1. The van der Waals surface area contributed by atoms with Crippen molar-refractivity contribution in [1.82, 2.24) is 14.8 Å². The minimum atomic E-state index is 0.132. The van der Waals surface area contributed by atoms with E-state index in [1.165, 1.54) is 0 Å². The number of aryl methyl sites for hydroxylation is 1. The van der Waals surface area contributed by atoms with E-state index in [4.69, 9.17) is 16.3 Å². The van der Waals surface area contributed by atoms with Gasteiger partial charge in [0, 0.05) is 20.3 Å². The van der Waals surface area contributed by atoms with Gasteiger partial charge in [-0.2, -0.15) is 0 Å². The van der Waals surface area contributed by atoms with Gasteiger partial charge in [-0.3, -0.25) is 0 Å². The highest BCUT2D eigenvalue weighted by Gasteiger charge is 2.21. The van der Waals surface area contributed by atoms with Gasteiger partial charge in [0.15, 0.2) is 0 Å². The van der Waals surface area contributed by atoms with Gasteiger partial charge in [0.1, 0.15) is 5.82 Å². The molecule has 0 bridgehead atoms. The van der Waals surface area contributed by atoms with Crippen LogP contribution in [0.1, 0.15) is 26.1 Å². The minimum Gasteiger partial charge on any atom is -0.385 e. The second-order valence-corrected chi connectivity index (χ2v) is 4.85. The fourth-order valence-corrected chi connectivity index (χ4v) is 1.64. The van der Waals surface area contributed by atoms with Gasteiger partial charge in [-0.25, -0.2) is 0 Å². The topological polar surface area (TPSA) is 39.9 Å². The molecule has 0 atom stereocenters. The van der Waals surface area contributed by atoms with Crippen LogP contribution in [0.15, 0.2) is 0 Å². The predicted molar refractivity (Wildman–Crippen MR) is 60.0 cm³/mol. The van der Waals surface area contributed by atoms with Crippen LogP contribution in [0.5, 0.6) is 0 Å². The van der Waals surface area contributed by atoms with Gasteiger partial charge in [-0.05, 0) is 30.4 Å². The molecule has 0 saturated carbocycles. The van der Waals surface area contributed by atoms with Crippen molar-refractivity contribution in [3.8, 4) is 0 Å². The van der Waals surface area contributed by atoms with E-state index < -0.39 is 0 Å². The molecule has 1 rings (SSSR count). The summed E-state index contributed by atoms with van der Waals surface area (Å²) in [6.45, 7) is 7.84. The maximum Gasteiger partial charge on any atom is 0.225 e. The fourth-order valence-electron chi connectivity index (χ4n) is 1.42. The van der Waals surface area contributed by atoms with Gasteiger partial charge in [0.2, 0.25) is 5.28 Å². The standard InChI is InChI=1S/C10H18ClN3O/c1-8-12-13-9(11)14(8)7-10(2,3)5-6-15-4/h5-7H2,1-4H3. The Morgan fingerprint density at radius 3 is 2.53 bits per heavy atom. The lowest BCUT2D eigenvalue weighted by Crippen LogP contribution is -2.22. The maximum atomic E-state index is 5.94. The molecule has 0 N–H and O–H groups in total. The van der Waals surface area contributed by atoms with Gasteiger partial charge in [0.05, 0.1) is 0 Å². The monoisotopic (exact) mass is 231 g/mol. The van der Waals surface area contributed by atoms with E-state index in [9.17, 15) is 0 Å². The third kappa shape index (κ3) is 3.47. The Hall–Kier alpha value is -0.610.